The average molecular weight is 487 g/mol. The zero-order chi connectivity index (χ0) is 25.3. The summed E-state index contributed by atoms with van der Waals surface area (Å²) in [6.45, 7) is 2.17. The SMILES string of the molecule is Cc1ccc(F)cc1C(=O)NCc1ccc(-c2nn(C3CCCOC3)c(N)c2C(N)=O)c(F)c1F. The Morgan fingerprint density at radius 3 is 2.66 bits per heavy atom. The third-order valence-corrected chi connectivity index (χ3v) is 5.98. The molecule has 184 valence electrons. The molecule has 1 atom stereocenters. The largest absolute Gasteiger partial charge is 0.383 e. The minimum Gasteiger partial charge on any atom is -0.383 e. The molecule has 0 saturated carbocycles. The number of rotatable bonds is 6. The van der Waals surface area contributed by atoms with Gasteiger partial charge in [-0.05, 0) is 43.5 Å². The minimum absolute atomic E-state index is 0.0513. The van der Waals surface area contributed by atoms with Crippen LogP contribution in [0.25, 0.3) is 11.3 Å². The van der Waals surface area contributed by atoms with Gasteiger partial charge in [-0.15, -0.1) is 0 Å². The molecule has 5 N–H and O–H groups in total. The van der Waals surface area contributed by atoms with E-state index in [4.69, 9.17) is 16.2 Å². The van der Waals surface area contributed by atoms with E-state index in [-0.39, 0.29) is 46.4 Å². The van der Waals surface area contributed by atoms with Crippen LogP contribution in [-0.4, -0.2) is 34.8 Å². The maximum Gasteiger partial charge on any atom is 0.254 e. The first-order chi connectivity index (χ1) is 16.7. The number of halogens is 3. The number of anilines is 1. The van der Waals surface area contributed by atoms with Gasteiger partial charge in [-0.1, -0.05) is 12.1 Å². The van der Waals surface area contributed by atoms with Gasteiger partial charge in [0.05, 0.1) is 12.6 Å². The van der Waals surface area contributed by atoms with Gasteiger partial charge in [-0.25, -0.2) is 17.9 Å². The van der Waals surface area contributed by atoms with E-state index in [2.05, 4.69) is 10.4 Å². The van der Waals surface area contributed by atoms with Gasteiger partial charge >= 0.3 is 0 Å². The molecule has 2 amide bonds. The van der Waals surface area contributed by atoms with Crippen molar-refractivity contribution < 1.29 is 27.5 Å². The number of hydrogen-bond acceptors (Lipinski definition) is 5. The van der Waals surface area contributed by atoms with Crippen LogP contribution in [0.2, 0.25) is 0 Å². The normalized spacial score (nSPS) is 15.7. The minimum atomic E-state index is -1.27. The van der Waals surface area contributed by atoms with Crippen LogP contribution in [0.1, 0.15) is 50.7 Å². The lowest BCUT2D eigenvalue weighted by Gasteiger charge is -2.23. The number of amides is 2. The molecule has 1 fully saturated rings. The topological polar surface area (TPSA) is 125 Å². The molecule has 1 saturated heterocycles. The summed E-state index contributed by atoms with van der Waals surface area (Å²) in [7, 11) is 0. The Balaban J connectivity index is 1.63. The molecule has 3 aromatic rings. The molecule has 0 spiro atoms. The van der Waals surface area contributed by atoms with Crippen molar-refractivity contribution in [1.82, 2.24) is 15.1 Å². The summed E-state index contributed by atoms with van der Waals surface area (Å²) in [5, 5.41) is 6.74. The lowest BCUT2D eigenvalue weighted by Crippen LogP contribution is -2.24. The van der Waals surface area contributed by atoms with Crippen molar-refractivity contribution >= 4 is 17.6 Å². The maximum atomic E-state index is 15.1. The third kappa shape index (κ3) is 4.72. The number of nitrogens with two attached hydrogens (primary N) is 2. The predicted molar refractivity (Wildman–Crippen MR) is 122 cm³/mol. The standard InChI is InChI=1S/C24H24F3N5O3/c1-12-4-6-14(25)9-17(12)24(34)30-10-13-5-7-16(20(27)19(13)26)21-18(23(29)33)22(28)32(31-21)15-3-2-8-35-11-15/h4-7,9,15H,2-3,8,10-11,28H2,1H3,(H2,29,33)(H,30,34). The first-order valence-corrected chi connectivity index (χ1v) is 11.0. The number of carbonyl (C=O) groups excluding carboxylic acids is 2. The van der Waals surface area contributed by atoms with Gasteiger partial charge in [0.2, 0.25) is 0 Å². The summed E-state index contributed by atoms with van der Waals surface area (Å²) in [4.78, 5) is 24.5. The van der Waals surface area contributed by atoms with E-state index in [0.29, 0.717) is 25.2 Å². The van der Waals surface area contributed by atoms with Gasteiger partial charge in [0.25, 0.3) is 11.8 Å². The number of benzene rings is 2. The summed E-state index contributed by atoms with van der Waals surface area (Å²) < 4.78 is 50.4. The van der Waals surface area contributed by atoms with Crippen LogP contribution in [0.15, 0.2) is 30.3 Å². The van der Waals surface area contributed by atoms with Crippen molar-refractivity contribution in [3.05, 3.63) is 70.0 Å². The second kappa shape index (κ2) is 9.79. The van der Waals surface area contributed by atoms with E-state index in [0.717, 1.165) is 12.5 Å². The van der Waals surface area contributed by atoms with E-state index in [1.807, 2.05) is 0 Å². The number of aryl methyl sites for hydroxylation is 1. The first kappa shape index (κ1) is 24.3. The van der Waals surface area contributed by atoms with Crippen LogP contribution in [0.5, 0.6) is 0 Å². The number of nitrogens with zero attached hydrogens (tertiary/aromatic N) is 2. The van der Waals surface area contributed by atoms with Gasteiger partial charge in [-0.3, -0.25) is 9.59 Å². The van der Waals surface area contributed by atoms with Crippen molar-refractivity contribution in [2.24, 2.45) is 5.73 Å². The van der Waals surface area contributed by atoms with Crippen LogP contribution in [-0.2, 0) is 11.3 Å². The fourth-order valence-corrected chi connectivity index (χ4v) is 4.09. The van der Waals surface area contributed by atoms with Crippen LogP contribution in [0.4, 0.5) is 19.0 Å². The van der Waals surface area contributed by atoms with Crippen LogP contribution < -0.4 is 16.8 Å². The molecule has 1 aliphatic rings. The van der Waals surface area contributed by atoms with Gasteiger partial charge < -0.3 is 21.5 Å². The van der Waals surface area contributed by atoms with Crippen molar-refractivity contribution in [2.75, 3.05) is 18.9 Å². The maximum absolute atomic E-state index is 15.1. The third-order valence-electron chi connectivity index (χ3n) is 5.98. The number of carbonyl (C=O) groups is 2. The molecule has 4 rings (SSSR count). The smallest absolute Gasteiger partial charge is 0.254 e. The molecular weight excluding hydrogens is 463 g/mol. The second-order valence-corrected chi connectivity index (χ2v) is 8.33. The number of primary amides is 1. The average Bonchev–Trinajstić information content (AvgIpc) is 3.19. The highest BCUT2D eigenvalue weighted by molar-refractivity contribution is 6.03. The lowest BCUT2D eigenvalue weighted by atomic mass is 10.0. The number of hydrogen-bond donors (Lipinski definition) is 3. The van der Waals surface area contributed by atoms with Crippen molar-refractivity contribution in [3.8, 4) is 11.3 Å². The van der Waals surface area contributed by atoms with E-state index in [1.165, 1.54) is 28.9 Å². The Morgan fingerprint density at radius 2 is 1.97 bits per heavy atom. The van der Waals surface area contributed by atoms with Gasteiger partial charge in [0.1, 0.15) is 22.9 Å². The predicted octanol–water partition coefficient (Wildman–Crippen LogP) is 3.24. The quantitative estimate of drug-likeness (QED) is 0.492. The molecule has 0 radical (unpaired) electrons. The molecule has 1 aromatic heterocycles. The van der Waals surface area contributed by atoms with Gasteiger partial charge in [0, 0.05) is 29.8 Å². The van der Waals surface area contributed by atoms with Crippen molar-refractivity contribution in [2.45, 2.75) is 32.4 Å². The monoisotopic (exact) mass is 487 g/mol. The molecule has 35 heavy (non-hydrogen) atoms. The molecule has 2 aromatic carbocycles. The lowest BCUT2D eigenvalue weighted by molar-refractivity contribution is 0.0558. The molecular formula is C24H24F3N5O3. The molecule has 0 aliphatic carbocycles. The Hall–Kier alpha value is -3.86. The number of aromatic nitrogens is 2. The van der Waals surface area contributed by atoms with E-state index < -0.39 is 29.3 Å². The summed E-state index contributed by atoms with van der Waals surface area (Å²) >= 11 is 0. The second-order valence-electron chi connectivity index (χ2n) is 8.33. The Kier molecular flexibility index (Phi) is 6.79. The molecule has 8 nitrogen and oxygen atoms in total. The highest BCUT2D eigenvalue weighted by Gasteiger charge is 2.29. The van der Waals surface area contributed by atoms with Crippen LogP contribution in [0.3, 0.4) is 0 Å². The summed E-state index contributed by atoms with van der Waals surface area (Å²) in [5.74, 6) is -4.71. The molecule has 1 unspecified atom stereocenters. The molecule has 11 heteroatoms. The molecule has 0 bridgehead atoms. The number of nitrogens with one attached hydrogen (secondary N) is 1. The zero-order valence-corrected chi connectivity index (χ0v) is 18.9. The Labute approximate surface area is 199 Å². The van der Waals surface area contributed by atoms with Gasteiger partial charge in [0.15, 0.2) is 11.6 Å². The zero-order valence-electron chi connectivity index (χ0n) is 18.9. The van der Waals surface area contributed by atoms with E-state index in [1.54, 1.807) is 6.92 Å². The number of ether oxygens (including phenoxy) is 1. The van der Waals surface area contributed by atoms with Crippen LogP contribution in [0, 0.1) is 24.4 Å². The fraction of sp³-hybridized carbons (Fsp3) is 0.292. The summed E-state index contributed by atoms with van der Waals surface area (Å²) in [5.41, 5.74) is 11.4. The Bertz CT molecular complexity index is 1300. The number of nitrogen functional groups attached to an aromatic ring is 1. The van der Waals surface area contributed by atoms with Crippen molar-refractivity contribution in [1.29, 1.82) is 0 Å². The Morgan fingerprint density at radius 1 is 1.20 bits per heavy atom. The molecule has 2 heterocycles. The first-order valence-electron chi connectivity index (χ1n) is 11.0. The fourth-order valence-electron chi connectivity index (χ4n) is 4.09. The van der Waals surface area contributed by atoms with E-state index in [9.17, 15) is 18.4 Å². The highest BCUT2D eigenvalue weighted by Crippen LogP contribution is 2.34. The van der Waals surface area contributed by atoms with Crippen LogP contribution >= 0.6 is 0 Å². The highest BCUT2D eigenvalue weighted by atomic mass is 19.2. The van der Waals surface area contributed by atoms with Gasteiger partial charge in [-0.2, -0.15) is 5.10 Å². The summed E-state index contributed by atoms with van der Waals surface area (Å²) in [6.07, 6.45) is 1.44. The van der Waals surface area contributed by atoms with Crippen molar-refractivity contribution in [3.63, 3.8) is 0 Å². The van der Waals surface area contributed by atoms with E-state index >= 15 is 4.39 Å². The molecule has 1 aliphatic heterocycles. The summed E-state index contributed by atoms with van der Waals surface area (Å²) in [6, 6.07) is 5.95.